The van der Waals surface area contributed by atoms with Crippen LogP contribution in [0.1, 0.15) is 10.4 Å². The van der Waals surface area contributed by atoms with Crippen molar-refractivity contribution in [3.8, 4) is 11.3 Å². The van der Waals surface area contributed by atoms with Gasteiger partial charge in [-0.15, -0.1) is 11.3 Å². The first-order valence-electron chi connectivity index (χ1n) is 7.93. The van der Waals surface area contributed by atoms with Crippen LogP contribution in [0.3, 0.4) is 0 Å². The zero-order chi connectivity index (χ0) is 20.5. The highest BCUT2D eigenvalue weighted by molar-refractivity contribution is 7.89. The Hall–Kier alpha value is -2.69. The van der Waals surface area contributed by atoms with E-state index in [2.05, 4.69) is 10.3 Å². The van der Waals surface area contributed by atoms with Crippen molar-refractivity contribution in [2.45, 2.75) is 4.90 Å². The Morgan fingerprint density at radius 2 is 1.75 bits per heavy atom. The van der Waals surface area contributed by atoms with E-state index in [-0.39, 0.29) is 15.6 Å². The number of sulfonamides is 1. The van der Waals surface area contributed by atoms with Crippen molar-refractivity contribution in [2.75, 3.05) is 19.4 Å². The zero-order valence-corrected chi connectivity index (χ0v) is 16.4. The maximum Gasteiger partial charge on any atom is 0.257 e. The van der Waals surface area contributed by atoms with Crippen LogP contribution in [0.4, 0.5) is 13.9 Å². The number of halogens is 2. The number of rotatable bonds is 5. The molecule has 3 aromatic rings. The van der Waals surface area contributed by atoms with Crippen molar-refractivity contribution in [1.29, 1.82) is 0 Å². The number of carbonyl (C=O) groups excluding carboxylic acids is 1. The molecule has 0 fully saturated rings. The van der Waals surface area contributed by atoms with Crippen LogP contribution in [-0.4, -0.2) is 37.7 Å². The van der Waals surface area contributed by atoms with E-state index < -0.39 is 27.6 Å². The van der Waals surface area contributed by atoms with E-state index in [9.17, 15) is 22.0 Å². The molecule has 0 radical (unpaired) electrons. The molecule has 1 heterocycles. The van der Waals surface area contributed by atoms with E-state index in [1.54, 1.807) is 5.38 Å². The van der Waals surface area contributed by atoms with Gasteiger partial charge in [-0.05, 0) is 42.5 Å². The zero-order valence-electron chi connectivity index (χ0n) is 14.8. The number of nitrogens with zero attached hydrogens (tertiary/aromatic N) is 2. The number of aromatic nitrogens is 1. The molecule has 0 saturated carbocycles. The third kappa shape index (κ3) is 4.08. The van der Waals surface area contributed by atoms with Crippen LogP contribution in [0.25, 0.3) is 11.3 Å². The predicted molar refractivity (Wildman–Crippen MR) is 103 cm³/mol. The third-order valence-electron chi connectivity index (χ3n) is 3.84. The molecule has 28 heavy (non-hydrogen) atoms. The lowest BCUT2D eigenvalue weighted by Crippen LogP contribution is -2.22. The fraction of sp³-hybridized carbons (Fsp3) is 0.111. The van der Waals surface area contributed by atoms with Crippen LogP contribution in [0.2, 0.25) is 0 Å². The standard InChI is InChI=1S/C18H15F2N3O3S2/c1-23(2)28(25,26)13-6-3-11(4-7-13)17(24)22-18-21-16(10-27-18)12-5-8-14(19)15(20)9-12/h3-10H,1-2H3,(H,21,22,24). The van der Waals surface area contributed by atoms with Crippen molar-refractivity contribution in [1.82, 2.24) is 9.29 Å². The summed E-state index contributed by atoms with van der Waals surface area (Å²) in [4.78, 5) is 16.6. The summed E-state index contributed by atoms with van der Waals surface area (Å²) in [6, 6.07) is 8.91. The first-order chi connectivity index (χ1) is 13.2. The number of anilines is 1. The number of hydrogen-bond donors (Lipinski definition) is 1. The Morgan fingerprint density at radius 1 is 1.07 bits per heavy atom. The normalized spacial score (nSPS) is 11.6. The molecule has 0 saturated heterocycles. The number of carbonyl (C=O) groups is 1. The highest BCUT2D eigenvalue weighted by atomic mass is 32.2. The van der Waals surface area contributed by atoms with E-state index in [0.29, 0.717) is 11.3 Å². The minimum atomic E-state index is -3.58. The van der Waals surface area contributed by atoms with Gasteiger partial charge in [-0.1, -0.05) is 0 Å². The molecule has 10 heteroatoms. The molecule has 2 aromatic carbocycles. The van der Waals surface area contributed by atoms with Crippen LogP contribution >= 0.6 is 11.3 Å². The van der Waals surface area contributed by atoms with Gasteiger partial charge in [-0.3, -0.25) is 10.1 Å². The monoisotopic (exact) mass is 423 g/mol. The molecule has 0 bridgehead atoms. The third-order valence-corrected chi connectivity index (χ3v) is 6.42. The molecule has 0 spiro atoms. The summed E-state index contributed by atoms with van der Waals surface area (Å²) in [6.45, 7) is 0. The van der Waals surface area contributed by atoms with Crippen LogP contribution in [0, 0.1) is 11.6 Å². The van der Waals surface area contributed by atoms with Gasteiger partial charge in [-0.2, -0.15) is 0 Å². The van der Waals surface area contributed by atoms with Crippen LogP contribution < -0.4 is 5.32 Å². The molecular weight excluding hydrogens is 408 g/mol. The highest BCUT2D eigenvalue weighted by Gasteiger charge is 2.18. The highest BCUT2D eigenvalue weighted by Crippen LogP contribution is 2.26. The minimum Gasteiger partial charge on any atom is -0.298 e. The molecule has 0 aliphatic heterocycles. The lowest BCUT2D eigenvalue weighted by molar-refractivity contribution is 0.102. The molecule has 0 aliphatic rings. The molecular formula is C18H15F2N3O3S2. The van der Waals surface area contributed by atoms with Crippen LogP contribution in [0.5, 0.6) is 0 Å². The van der Waals surface area contributed by atoms with Gasteiger partial charge in [0.2, 0.25) is 10.0 Å². The second-order valence-electron chi connectivity index (χ2n) is 5.93. The van der Waals surface area contributed by atoms with Crippen molar-refractivity contribution in [2.24, 2.45) is 0 Å². The second kappa shape index (κ2) is 7.74. The Kier molecular flexibility index (Phi) is 5.54. The first kappa shape index (κ1) is 20.1. The number of nitrogens with one attached hydrogen (secondary N) is 1. The largest absolute Gasteiger partial charge is 0.298 e. The summed E-state index contributed by atoms with van der Waals surface area (Å²) in [7, 11) is -0.739. The fourth-order valence-corrected chi connectivity index (χ4v) is 3.89. The van der Waals surface area contributed by atoms with Crippen molar-refractivity contribution in [3.63, 3.8) is 0 Å². The minimum absolute atomic E-state index is 0.0731. The maximum atomic E-state index is 13.4. The maximum absolute atomic E-state index is 13.4. The lowest BCUT2D eigenvalue weighted by atomic mass is 10.2. The summed E-state index contributed by atoms with van der Waals surface area (Å²) in [5.41, 5.74) is 1.03. The van der Waals surface area contributed by atoms with Crippen LogP contribution in [0.15, 0.2) is 52.7 Å². The SMILES string of the molecule is CN(C)S(=O)(=O)c1ccc(C(=O)Nc2nc(-c3ccc(F)c(F)c3)cs2)cc1. The summed E-state index contributed by atoms with van der Waals surface area (Å²) in [6.07, 6.45) is 0. The van der Waals surface area contributed by atoms with Gasteiger partial charge >= 0.3 is 0 Å². The summed E-state index contributed by atoms with van der Waals surface area (Å²) in [5, 5.41) is 4.48. The second-order valence-corrected chi connectivity index (χ2v) is 8.94. The topological polar surface area (TPSA) is 79.4 Å². The lowest BCUT2D eigenvalue weighted by Gasteiger charge is -2.11. The molecule has 146 valence electrons. The van der Waals surface area contributed by atoms with E-state index in [1.165, 1.54) is 44.4 Å². The van der Waals surface area contributed by atoms with Gasteiger partial charge in [0.05, 0.1) is 10.6 Å². The van der Waals surface area contributed by atoms with E-state index >= 15 is 0 Å². The number of benzene rings is 2. The Labute approximate surface area is 164 Å². The van der Waals surface area contributed by atoms with Gasteiger partial charge in [0.15, 0.2) is 16.8 Å². The number of amides is 1. The van der Waals surface area contributed by atoms with Crippen molar-refractivity contribution in [3.05, 3.63) is 65.0 Å². The van der Waals surface area contributed by atoms with Crippen LogP contribution in [-0.2, 0) is 10.0 Å². The van der Waals surface area contributed by atoms with Gasteiger partial charge in [0.25, 0.3) is 5.91 Å². The van der Waals surface area contributed by atoms with Gasteiger partial charge in [0.1, 0.15) is 0 Å². The smallest absolute Gasteiger partial charge is 0.257 e. The molecule has 1 amide bonds. The molecule has 6 nitrogen and oxygen atoms in total. The number of hydrogen-bond acceptors (Lipinski definition) is 5. The predicted octanol–water partition coefficient (Wildman–Crippen LogP) is 3.59. The Bertz CT molecular complexity index is 1130. The Morgan fingerprint density at radius 3 is 2.36 bits per heavy atom. The van der Waals surface area contributed by atoms with E-state index in [0.717, 1.165) is 27.8 Å². The molecule has 0 aliphatic carbocycles. The fourth-order valence-electron chi connectivity index (χ4n) is 2.28. The number of thiazole rings is 1. The van der Waals surface area contributed by atoms with Crippen molar-refractivity contribution < 1.29 is 22.0 Å². The summed E-state index contributed by atoms with van der Waals surface area (Å²) >= 11 is 1.13. The average molecular weight is 423 g/mol. The molecule has 0 atom stereocenters. The molecule has 1 N–H and O–H groups in total. The van der Waals surface area contributed by atoms with E-state index in [1.807, 2.05) is 0 Å². The summed E-state index contributed by atoms with van der Waals surface area (Å²) < 4.78 is 51.6. The van der Waals surface area contributed by atoms with Gasteiger partial charge < -0.3 is 0 Å². The Balaban J connectivity index is 1.75. The van der Waals surface area contributed by atoms with Gasteiger partial charge in [-0.25, -0.2) is 26.5 Å². The van der Waals surface area contributed by atoms with Crippen molar-refractivity contribution >= 4 is 32.4 Å². The molecule has 0 unspecified atom stereocenters. The van der Waals surface area contributed by atoms with E-state index in [4.69, 9.17) is 0 Å². The molecule has 3 rings (SSSR count). The first-order valence-corrected chi connectivity index (χ1v) is 10.3. The van der Waals surface area contributed by atoms with Gasteiger partial charge in [0, 0.05) is 30.6 Å². The molecule has 1 aromatic heterocycles. The summed E-state index contributed by atoms with van der Waals surface area (Å²) in [5.74, 6) is -2.41. The quantitative estimate of drug-likeness (QED) is 0.680. The average Bonchev–Trinajstić information content (AvgIpc) is 3.12.